The van der Waals surface area contributed by atoms with Gasteiger partial charge in [0, 0.05) is 32.7 Å². The van der Waals surface area contributed by atoms with E-state index in [9.17, 15) is 14.4 Å². The molecule has 1 fully saturated rings. The van der Waals surface area contributed by atoms with E-state index in [1.807, 2.05) is 36.1 Å². The number of carbonyl (C=O) groups excluding carboxylic acids is 1. The number of hydrogen-bond acceptors (Lipinski definition) is 7. The minimum absolute atomic E-state index is 0.0172. The zero-order valence-electron chi connectivity index (χ0n) is 18.3. The molecule has 0 radical (unpaired) electrons. The summed E-state index contributed by atoms with van der Waals surface area (Å²) in [6.07, 6.45) is 2.02. The molecule has 1 aliphatic rings. The Morgan fingerprint density at radius 1 is 1.06 bits per heavy atom. The van der Waals surface area contributed by atoms with Gasteiger partial charge in [0.2, 0.25) is 5.91 Å². The van der Waals surface area contributed by atoms with Crippen LogP contribution in [0.2, 0.25) is 0 Å². The van der Waals surface area contributed by atoms with Crippen molar-refractivity contribution in [3.63, 3.8) is 0 Å². The third-order valence-electron chi connectivity index (χ3n) is 5.48. The first kappa shape index (κ1) is 22.1. The number of hydrogen-bond donors (Lipinski definition) is 0. The number of aryl methyl sites for hydroxylation is 1. The predicted molar refractivity (Wildman–Crippen MR) is 123 cm³/mol. The van der Waals surface area contributed by atoms with Gasteiger partial charge in [-0.15, -0.1) is 0 Å². The van der Waals surface area contributed by atoms with Crippen LogP contribution in [-0.4, -0.2) is 55.4 Å². The first-order valence-electron chi connectivity index (χ1n) is 10.5. The van der Waals surface area contributed by atoms with Crippen LogP contribution in [0.25, 0.3) is 22.4 Å². The molecular formula is C22H25N5O4S. The van der Waals surface area contributed by atoms with Crippen LogP contribution in [0.15, 0.2) is 38.9 Å². The highest BCUT2D eigenvalue weighted by Gasteiger charge is 2.22. The number of thioether (sulfide) groups is 1. The first-order chi connectivity index (χ1) is 15.4. The summed E-state index contributed by atoms with van der Waals surface area (Å²) in [6, 6.07) is 7.29. The molecule has 1 saturated heterocycles. The topological polar surface area (TPSA) is 99.3 Å². The Labute approximate surface area is 189 Å². The lowest BCUT2D eigenvalue weighted by molar-refractivity contribution is -0.127. The summed E-state index contributed by atoms with van der Waals surface area (Å²) in [5.41, 5.74) is 0.0182. The number of likely N-dealkylation sites (tertiary alicyclic amines) is 1. The Balaban J connectivity index is 1.80. The van der Waals surface area contributed by atoms with Gasteiger partial charge < -0.3 is 9.64 Å². The van der Waals surface area contributed by atoms with Gasteiger partial charge in [-0.25, -0.2) is 14.8 Å². The normalized spacial score (nSPS) is 13.7. The largest absolute Gasteiger partial charge is 0.494 e. The average molecular weight is 456 g/mol. The van der Waals surface area contributed by atoms with Crippen molar-refractivity contribution in [2.45, 2.75) is 24.8 Å². The number of aromatic nitrogens is 4. The Morgan fingerprint density at radius 3 is 2.41 bits per heavy atom. The summed E-state index contributed by atoms with van der Waals surface area (Å²) in [4.78, 5) is 49.0. The molecule has 168 valence electrons. The second-order valence-electron chi connectivity index (χ2n) is 7.59. The van der Waals surface area contributed by atoms with Crippen molar-refractivity contribution in [2.24, 2.45) is 14.1 Å². The van der Waals surface area contributed by atoms with Crippen molar-refractivity contribution in [1.82, 2.24) is 24.0 Å². The third kappa shape index (κ3) is 4.14. The number of benzene rings is 1. The van der Waals surface area contributed by atoms with Crippen LogP contribution < -0.4 is 16.0 Å². The molecule has 3 aromatic rings. The molecule has 0 unspecified atom stereocenters. The van der Waals surface area contributed by atoms with Gasteiger partial charge in [0.25, 0.3) is 5.56 Å². The second kappa shape index (κ2) is 9.15. The number of amides is 1. The SMILES string of the molecule is CCOc1ccc(-c2nc(SCC(=O)N3CCCC3)c3c(=O)n(C)c(=O)n(C)c3n2)cc1. The van der Waals surface area contributed by atoms with Crippen molar-refractivity contribution in [3.05, 3.63) is 45.1 Å². The Morgan fingerprint density at radius 2 is 1.75 bits per heavy atom. The van der Waals surface area contributed by atoms with Crippen molar-refractivity contribution in [1.29, 1.82) is 0 Å². The van der Waals surface area contributed by atoms with Crippen molar-refractivity contribution in [2.75, 3.05) is 25.4 Å². The van der Waals surface area contributed by atoms with Gasteiger partial charge in [-0.05, 0) is 44.0 Å². The van der Waals surface area contributed by atoms with Gasteiger partial charge in [0.15, 0.2) is 11.5 Å². The van der Waals surface area contributed by atoms with E-state index in [1.54, 1.807) is 7.05 Å². The van der Waals surface area contributed by atoms with Crippen LogP contribution in [0.3, 0.4) is 0 Å². The van der Waals surface area contributed by atoms with Crippen molar-refractivity contribution < 1.29 is 9.53 Å². The monoisotopic (exact) mass is 455 g/mol. The molecule has 2 aromatic heterocycles. The first-order valence-corrected chi connectivity index (χ1v) is 11.5. The van der Waals surface area contributed by atoms with Gasteiger partial charge in [-0.3, -0.25) is 18.7 Å². The number of nitrogens with zero attached hydrogens (tertiary/aromatic N) is 5. The van der Waals surface area contributed by atoms with Gasteiger partial charge >= 0.3 is 5.69 Å². The molecule has 0 N–H and O–H groups in total. The van der Waals surface area contributed by atoms with E-state index >= 15 is 0 Å². The smallest absolute Gasteiger partial charge is 0.332 e. The van der Waals surface area contributed by atoms with E-state index in [2.05, 4.69) is 9.97 Å². The van der Waals surface area contributed by atoms with Gasteiger partial charge in [-0.2, -0.15) is 0 Å². The van der Waals surface area contributed by atoms with Crippen LogP contribution >= 0.6 is 11.8 Å². The lowest BCUT2D eigenvalue weighted by Gasteiger charge is -2.15. The molecule has 1 amide bonds. The fraction of sp³-hybridized carbons (Fsp3) is 0.409. The molecule has 0 aliphatic carbocycles. The Bertz CT molecular complexity index is 1280. The van der Waals surface area contributed by atoms with E-state index in [4.69, 9.17) is 4.74 Å². The Kier molecular flexibility index (Phi) is 6.31. The molecule has 9 nitrogen and oxygen atoms in total. The van der Waals surface area contributed by atoms with E-state index in [-0.39, 0.29) is 22.7 Å². The number of carbonyl (C=O) groups is 1. The highest BCUT2D eigenvalue weighted by Crippen LogP contribution is 2.27. The van der Waals surface area contributed by atoms with Gasteiger partial charge in [0.1, 0.15) is 16.2 Å². The summed E-state index contributed by atoms with van der Waals surface area (Å²) in [5, 5.41) is 0.631. The number of rotatable bonds is 6. The zero-order valence-corrected chi connectivity index (χ0v) is 19.1. The molecule has 0 atom stereocenters. The highest BCUT2D eigenvalue weighted by molar-refractivity contribution is 8.00. The Hall–Kier alpha value is -3.14. The third-order valence-corrected chi connectivity index (χ3v) is 6.44. The summed E-state index contributed by atoms with van der Waals surface area (Å²) in [6.45, 7) is 3.99. The molecular weight excluding hydrogens is 430 g/mol. The zero-order chi connectivity index (χ0) is 22.8. The molecule has 0 spiro atoms. The molecule has 32 heavy (non-hydrogen) atoms. The molecule has 4 rings (SSSR count). The van der Waals surface area contributed by atoms with E-state index in [0.29, 0.717) is 17.5 Å². The van der Waals surface area contributed by atoms with Crippen molar-refractivity contribution in [3.8, 4) is 17.1 Å². The van der Waals surface area contributed by atoms with E-state index in [0.717, 1.165) is 41.8 Å². The van der Waals surface area contributed by atoms with Crippen LogP contribution in [0.5, 0.6) is 5.75 Å². The standard InChI is InChI=1S/C22H25N5O4S/c1-4-31-15-9-7-14(8-10-15)18-23-19-17(21(29)26(3)22(30)25(19)2)20(24-18)32-13-16(28)27-11-5-6-12-27/h7-10H,4-6,11-13H2,1-3H3. The molecule has 0 bridgehead atoms. The summed E-state index contributed by atoms with van der Waals surface area (Å²) in [7, 11) is 3.00. The maximum atomic E-state index is 12.9. The maximum Gasteiger partial charge on any atom is 0.332 e. The van der Waals surface area contributed by atoms with E-state index < -0.39 is 11.2 Å². The second-order valence-corrected chi connectivity index (χ2v) is 8.55. The van der Waals surface area contributed by atoms with Crippen LogP contribution in [-0.2, 0) is 18.9 Å². The predicted octanol–water partition coefficient (Wildman–Crippen LogP) is 1.81. The fourth-order valence-corrected chi connectivity index (χ4v) is 4.63. The lowest BCUT2D eigenvalue weighted by atomic mass is 10.2. The molecule has 0 saturated carbocycles. The molecule has 10 heteroatoms. The quantitative estimate of drug-likeness (QED) is 0.413. The van der Waals surface area contributed by atoms with Gasteiger partial charge in [0.05, 0.1) is 12.4 Å². The van der Waals surface area contributed by atoms with Crippen LogP contribution in [0.1, 0.15) is 19.8 Å². The van der Waals surface area contributed by atoms with Crippen molar-refractivity contribution >= 4 is 28.7 Å². The van der Waals surface area contributed by atoms with Crippen LogP contribution in [0.4, 0.5) is 0 Å². The fourth-order valence-electron chi connectivity index (χ4n) is 3.72. The van der Waals surface area contributed by atoms with E-state index in [1.165, 1.54) is 23.4 Å². The van der Waals surface area contributed by atoms with Gasteiger partial charge in [-0.1, -0.05) is 11.8 Å². The maximum absolute atomic E-state index is 12.9. The average Bonchev–Trinajstić information content (AvgIpc) is 3.35. The summed E-state index contributed by atoms with van der Waals surface area (Å²) >= 11 is 1.21. The summed E-state index contributed by atoms with van der Waals surface area (Å²) < 4.78 is 7.86. The minimum Gasteiger partial charge on any atom is -0.494 e. The summed E-state index contributed by atoms with van der Waals surface area (Å²) in [5.74, 6) is 1.29. The lowest BCUT2D eigenvalue weighted by Crippen LogP contribution is -2.37. The molecule has 3 heterocycles. The molecule has 1 aliphatic heterocycles. The minimum atomic E-state index is -0.475. The number of fused-ring (bicyclic) bond motifs is 1. The highest BCUT2D eigenvalue weighted by atomic mass is 32.2. The van der Waals surface area contributed by atoms with Crippen LogP contribution in [0, 0.1) is 0 Å². The number of ether oxygens (including phenoxy) is 1. The molecule has 1 aromatic carbocycles.